The number of rotatable bonds is 5. The maximum absolute atomic E-state index is 14.0. The van der Waals surface area contributed by atoms with Gasteiger partial charge < -0.3 is 14.0 Å². The smallest absolute Gasteiger partial charge is 0.253 e. The van der Waals surface area contributed by atoms with Gasteiger partial charge in [0.1, 0.15) is 22.6 Å². The van der Waals surface area contributed by atoms with Crippen LogP contribution >= 0.6 is 0 Å². The Labute approximate surface area is 163 Å². The lowest BCUT2D eigenvalue weighted by molar-refractivity contribution is 0.439. The van der Waals surface area contributed by atoms with Crippen LogP contribution in [0.1, 0.15) is 5.56 Å². The van der Waals surface area contributed by atoms with Gasteiger partial charge in [-0.05, 0) is 43.3 Å². The molecular formula is C20H18F2N2O3S. The Kier molecular flexibility index (Phi) is 5.60. The summed E-state index contributed by atoms with van der Waals surface area (Å²) >= 11 is 0. The van der Waals surface area contributed by atoms with E-state index in [0.717, 1.165) is 12.1 Å². The Balaban J connectivity index is 2.14. The van der Waals surface area contributed by atoms with Gasteiger partial charge in [0.15, 0.2) is 11.6 Å². The summed E-state index contributed by atoms with van der Waals surface area (Å²) in [5.41, 5.74) is 2.16. The molecule has 28 heavy (non-hydrogen) atoms. The fourth-order valence-electron chi connectivity index (χ4n) is 2.78. The molecule has 0 saturated heterocycles. The van der Waals surface area contributed by atoms with Gasteiger partial charge in [-0.2, -0.15) is 0 Å². The van der Waals surface area contributed by atoms with Crippen molar-refractivity contribution in [3.63, 3.8) is 0 Å². The lowest BCUT2D eigenvalue weighted by Gasteiger charge is -2.15. The molecule has 2 aromatic carbocycles. The number of halogens is 2. The normalized spacial score (nSPS) is 11.9. The molecule has 1 aromatic heterocycles. The number of hydrogen-bond acceptors (Lipinski definition) is 3. The Morgan fingerprint density at radius 3 is 2.43 bits per heavy atom. The van der Waals surface area contributed by atoms with Crippen molar-refractivity contribution < 1.29 is 17.7 Å². The first-order chi connectivity index (χ1) is 13.2. The second kappa shape index (κ2) is 7.93. The van der Waals surface area contributed by atoms with Gasteiger partial charge in [0.25, 0.3) is 5.56 Å². The third kappa shape index (κ3) is 4.28. The van der Waals surface area contributed by atoms with E-state index in [-0.39, 0.29) is 11.3 Å². The van der Waals surface area contributed by atoms with Crippen LogP contribution in [0.5, 0.6) is 11.5 Å². The second-order valence-corrected chi connectivity index (χ2v) is 7.38. The van der Waals surface area contributed by atoms with Crippen molar-refractivity contribution in [1.82, 2.24) is 4.57 Å². The molecule has 8 heteroatoms. The summed E-state index contributed by atoms with van der Waals surface area (Å²) in [6.07, 6.45) is 3.12. The third-order valence-electron chi connectivity index (χ3n) is 4.03. The molecule has 0 amide bonds. The van der Waals surface area contributed by atoms with Crippen molar-refractivity contribution in [2.24, 2.45) is 7.05 Å². The van der Waals surface area contributed by atoms with Crippen LogP contribution in [-0.2, 0) is 18.0 Å². The van der Waals surface area contributed by atoms with Crippen LogP contribution in [0.15, 0.2) is 53.5 Å². The second-order valence-electron chi connectivity index (χ2n) is 6.27. The van der Waals surface area contributed by atoms with Crippen molar-refractivity contribution in [2.75, 3.05) is 11.0 Å². The predicted molar refractivity (Wildman–Crippen MR) is 106 cm³/mol. The summed E-state index contributed by atoms with van der Waals surface area (Å²) in [5, 5.41) is 0. The van der Waals surface area contributed by atoms with E-state index in [9.17, 15) is 17.8 Å². The summed E-state index contributed by atoms with van der Waals surface area (Å²) in [6.45, 7) is 1.69. The van der Waals surface area contributed by atoms with Gasteiger partial charge in [-0.3, -0.25) is 4.79 Å². The van der Waals surface area contributed by atoms with Gasteiger partial charge in [0, 0.05) is 47.9 Å². The molecule has 0 radical (unpaired) electrons. The van der Waals surface area contributed by atoms with E-state index in [1.807, 2.05) is 0 Å². The fraction of sp³-hybridized carbons (Fsp3) is 0.150. The van der Waals surface area contributed by atoms with Crippen molar-refractivity contribution in [1.29, 1.82) is 0 Å². The minimum Gasteiger partial charge on any atom is -0.454 e. The van der Waals surface area contributed by atoms with Crippen molar-refractivity contribution >= 4 is 16.7 Å². The van der Waals surface area contributed by atoms with Gasteiger partial charge in [0.2, 0.25) is 0 Å². The molecule has 0 fully saturated rings. The zero-order valence-electron chi connectivity index (χ0n) is 15.5. The number of anilines is 1. The highest BCUT2D eigenvalue weighted by atomic mass is 32.2. The number of nitrogens with one attached hydrogen (secondary N) is 1. The number of nitrogens with zero attached hydrogens (tertiary/aromatic N) is 1. The van der Waals surface area contributed by atoms with E-state index < -0.39 is 22.6 Å². The molecule has 5 nitrogen and oxygen atoms in total. The standard InChI is InChI=1S/C20H18F2N2O3S/c1-12-8-13(11-24(2)20(12)25)16-10-15(23-28(3)26)5-7-18(16)27-19-6-4-14(21)9-17(19)22/h4-11,23H,1-3H3. The largest absolute Gasteiger partial charge is 0.454 e. The lowest BCUT2D eigenvalue weighted by Crippen LogP contribution is -2.18. The topological polar surface area (TPSA) is 60.3 Å². The molecule has 0 aliphatic rings. The summed E-state index contributed by atoms with van der Waals surface area (Å²) in [5.74, 6) is -1.37. The van der Waals surface area contributed by atoms with E-state index in [1.165, 1.54) is 16.9 Å². The van der Waals surface area contributed by atoms with Gasteiger partial charge in [-0.1, -0.05) is 0 Å². The predicted octanol–water partition coefficient (Wildman–Crippen LogP) is 4.14. The Morgan fingerprint density at radius 1 is 1.07 bits per heavy atom. The van der Waals surface area contributed by atoms with Crippen LogP contribution in [0, 0.1) is 18.6 Å². The first-order valence-electron chi connectivity index (χ1n) is 8.29. The van der Waals surface area contributed by atoms with Gasteiger partial charge in [0.05, 0.1) is 0 Å². The molecule has 0 bridgehead atoms. The van der Waals surface area contributed by atoms with Crippen LogP contribution in [0.3, 0.4) is 0 Å². The number of aryl methyl sites for hydroxylation is 2. The average Bonchev–Trinajstić information content (AvgIpc) is 2.62. The molecule has 1 N–H and O–H groups in total. The maximum Gasteiger partial charge on any atom is 0.253 e. The molecule has 0 aliphatic heterocycles. The zero-order valence-corrected chi connectivity index (χ0v) is 16.3. The molecule has 0 aliphatic carbocycles. The Bertz CT molecular complexity index is 1100. The Morgan fingerprint density at radius 2 is 1.79 bits per heavy atom. The fourth-order valence-corrected chi connectivity index (χ4v) is 3.23. The van der Waals surface area contributed by atoms with Crippen molar-refractivity contribution in [3.05, 3.63) is 76.2 Å². The molecular weight excluding hydrogens is 386 g/mol. The van der Waals surface area contributed by atoms with Crippen molar-refractivity contribution in [3.8, 4) is 22.6 Å². The molecule has 1 heterocycles. The monoisotopic (exact) mass is 404 g/mol. The molecule has 1 atom stereocenters. The number of ether oxygens (including phenoxy) is 1. The van der Waals surface area contributed by atoms with Crippen LogP contribution in [-0.4, -0.2) is 15.0 Å². The number of benzene rings is 2. The van der Waals surface area contributed by atoms with Crippen LogP contribution in [0.25, 0.3) is 11.1 Å². The SMILES string of the molecule is Cc1cc(-c2cc(NS(C)=O)ccc2Oc2ccc(F)cc2F)cn(C)c1=O. The minimum atomic E-state index is -1.29. The van der Waals surface area contributed by atoms with Gasteiger partial charge in [-0.15, -0.1) is 0 Å². The lowest BCUT2D eigenvalue weighted by atomic mass is 10.0. The van der Waals surface area contributed by atoms with Crippen LogP contribution in [0.4, 0.5) is 14.5 Å². The van der Waals surface area contributed by atoms with Crippen LogP contribution in [0.2, 0.25) is 0 Å². The zero-order chi connectivity index (χ0) is 20.4. The number of pyridine rings is 1. The summed E-state index contributed by atoms with van der Waals surface area (Å²) in [7, 11) is 0.335. The summed E-state index contributed by atoms with van der Waals surface area (Å²) in [6, 6.07) is 9.65. The molecule has 0 saturated carbocycles. The number of aromatic nitrogens is 1. The Hall–Kier alpha value is -3.00. The first-order valence-corrected chi connectivity index (χ1v) is 9.85. The molecule has 1 unspecified atom stereocenters. The van der Waals surface area contributed by atoms with Gasteiger partial charge >= 0.3 is 0 Å². The van der Waals surface area contributed by atoms with E-state index in [4.69, 9.17) is 4.74 Å². The molecule has 0 spiro atoms. The highest BCUT2D eigenvalue weighted by Crippen LogP contribution is 2.36. The first kappa shape index (κ1) is 19.8. The van der Waals surface area contributed by atoms with E-state index in [1.54, 1.807) is 44.4 Å². The van der Waals surface area contributed by atoms with E-state index in [0.29, 0.717) is 28.1 Å². The quantitative estimate of drug-likeness (QED) is 0.695. The molecule has 146 valence electrons. The number of hydrogen-bond donors (Lipinski definition) is 1. The van der Waals surface area contributed by atoms with Gasteiger partial charge in [-0.25, -0.2) is 13.0 Å². The minimum absolute atomic E-state index is 0.135. The average molecular weight is 404 g/mol. The van der Waals surface area contributed by atoms with Crippen molar-refractivity contribution in [2.45, 2.75) is 6.92 Å². The molecule has 3 rings (SSSR count). The van der Waals surface area contributed by atoms with E-state index in [2.05, 4.69) is 4.72 Å². The highest BCUT2D eigenvalue weighted by Gasteiger charge is 2.14. The molecule has 3 aromatic rings. The van der Waals surface area contributed by atoms with Crippen LogP contribution < -0.4 is 15.0 Å². The third-order valence-corrected chi connectivity index (χ3v) is 4.55. The van der Waals surface area contributed by atoms with E-state index >= 15 is 0 Å². The highest BCUT2D eigenvalue weighted by molar-refractivity contribution is 7.85. The summed E-state index contributed by atoms with van der Waals surface area (Å²) < 4.78 is 48.6. The summed E-state index contributed by atoms with van der Waals surface area (Å²) in [4.78, 5) is 12.0. The maximum atomic E-state index is 14.0.